The first kappa shape index (κ1) is 13.0. The number of thiophene rings is 1. The van der Waals surface area contributed by atoms with Gasteiger partial charge in [-0.15, -0.1) is 11.3 Å². The average Bonchev–Trinajstić information content (AvgIpc) is 2.48. The molecule has 1 heterocycles. The summed E-state index contributed by atoms with van der Waals surface area (Å²) in [5, 5.41) is 2.33. The second kappa shape index (κ2) is 4.05. The molecule has 0 spiro atoms. The molecule has 0 fully saturated rings. The van der Waals surface area contributed by atoms with Crippen LogP contribution in [-0.2, 0) is 9.84 Å². The molecule has 0 amide bonds. The third kappa shape index (κ3) is 2.36. The van der Waals surface area contributed by atoms with Crippen molar-refractivity contribution < 1.29 is 8.42 Å². The molecule has 1 aromatic rings. The molecule has 1 unspecified atom stereocenters. The van der Waals surface area contributed by atoms with Crippen molar-refractivity contribution in [3.63, 3.8) is 0 Å². The van der Waals surface area contributed by atoms with Crippen LogP contribution in [0, 0.1) is 0 Å². The van der Waals surface area contributed by atoms with Gasteiger partial charge in [0.1, 0.15) is 0 Å². The van der Waals surface area contributed by atoms with Crippen LogP contribution in [0.1, 0.15) is 24.8 Å². The van der Waals surface area contributed by atoms with Crippen LogP contribution >= 0.6 is 22.9 Å². The van der Waals surface area contributed by atoms with Crippen molar-refractivity contribution >= 4 is 32.8 Å². The quantitative estimate of drug-likeness (QED) is 0.914. The van der Waals surface area contributed by atoms with E-state index in [0.29, 0.717) is 9.90 Å². The number of hydrogen-bond acceptors (Lipinski definition) is 4. The monoisotopic (exact) mass is 267 g/mol. The Kier molecular flexibility index (Phi) is 3.50. The molecule has 1 atom stereocenters. The van der Waals surface area contributed by atoms with Gasteiger partial charge in [0.15, 0.2) is 9.84 Å². The van der Waals surface area contributed by atoms with Crippen molar-refractivity contribution in [3.05, 3.63) is 21.3 Å². The summed E-state index contributed by atoms with van der Waals surface area (Å²) in [5.41, 5.74) is 5.95. The average molecular weight is 268 g/mol. The van der Waals surface area contributed by atoms with E-state index in [4.69, 9.17) is 17.3 Å². The maximum atomic E-state index is 11.6. The molecule has 86 valence electrons. The fraction of sp³-hybridized carbons (Fsp3) is 0.556. The number of rotatable bonds is 3. The van der Waals surface area contributed by atoms with E-state index in [1.165, 1.54) is 17.6 Å². The number of sulfone groups is 1. The molecule has 0 aromatic carbocycles. The molecule has 6 heteroatoms. The molecule has 2 N–H and O–H groups in total. The van der Waals surface area contributed by atoms with Crippen molar-refractivity contribution in [2.75, 3.05) is 6.26 Å². The lowest BCUT2D eigenvalue weighted by Crippen LogP contribution is -2.42. The second-order valence-electron chi connectivity index (χ2n) is 3.99. The lowest BCUT2D eigenvalue weighted by molar-refractivity contribution is 0.501. The highest BCUT2D eigenvalue weighted by Crippen LogP contribution is 2.36. The van der Waals surface area contributed by atoms with Crippen LogP contribution in [0.2, 0.25) is 5.02 Å². The lowest BCUT2D eigenvalue weighted by atomic mass is 10.0. The molecule has 0 saturated heterocycles. The fourth-order valence-corrected chi connectivity index (χ4v) is 3.09. The van der Waals surface area contributed by atoms with Crippen LogP contribution in [0.5, 0.6) is 0 Å². The van der Waals surface area contributed by atoms with E-state index >= 15 is 0 Å². The van der Waals surface area contributed by atoms with Gasteiger partial charge in [0.2, 0.25) is 0 Å². The van der Waals surface area contributed by atoms with Gasteiger partial charge in [0, 0.05) is 11.1 Å². The van der Waals surface area contributed by atoms with Gasteiger partial charge in [-0.1, -0.05) is 11.6 Å². The first-order chi connectivity index (χ1) is 6.68. The van der Waals surface area contributed by atoms with E-state index in [-0.39, 0.29) is 0 Å². The Hall–Kier alpha value is -0.100. The van der Waals surface area contributed by atoms with Crippen LogP contribution in [0.25, 0.3) is 0 Å². The van der Waals surface area contributed by atoms with Gasteiger partial charge in [-0.3, -0.25) is 0 Å². The Morgan fingerprint density at radius 3 is 2.40 bits per heavy atom. The molecular weight excluding hydrogens is 254 g/mol. The fourth-order valence-electron chi connectivity index (χ4n) is 1.07. The zero-order valence-corrected chi connectivity index (χ0v) is 11.2. The minimum absolute atomic E-state index is 0.532. The summed E-state index contributed by atoms with van der Waals surface area (Å²) in [4.78, 5) is 0.715. The number of nitrogens with two attached hydrogens (primary N) is 1. The van der Waals surface area contributed by atoms with E-state index in [1.54, 1.807) is 25.3 Å². The van der Waals surface area contributed by atoms with Gasteiger partial charge in [-0.2, -0.15) is 0 Å². The molecule has 3 nitrogen and oxygen atoms in total. The van der Waals surface area contributed by atoms with E-state index < -0.39 is 20.6 Å². The first-order valence-electron chi connectivity index (χ1n) is 4.36. The third-order valence-corrected chi connectivity index (χ3v) is 6.24. The van der Waals surface area contributed by atoms with Gasteiger partial charge in [-0.25, -0.2) is 8.42 Å². The molecule has 15 heavy (non-hydrogen) atoms. The van der Waals surface area contributed by atoms with Gasteiger partial charge >= 0.3 is 0 Å². The molecule has 0 saturated carbocycles. The number of halogens is 1. The lowest BCUT2D eigenvalue weighted by Gasteiger charge is -2.29. The predicted octanol–water partition coefficient (Wildman–Crippen LogP) is 2.22. The molecule has 0 aliphatic heterocycles. The van der Waals surface area contributed by atoms with Gasteiger partial charge < -0.3 is 5.73 Å². The van der Waals surface area contributed by atoms with E-state index in [0.717, 1.165) is 0 Å². The summed E-state index contributed by atoms with van der Waals surface area (Å²) in [7, 11) is -3.22. The van der Waals surface area contributed by atoms with Crippen molar-refractivity contribution in [3.8, 4) is 0 Å². The van der Waals surface area contributed by atoms with E-state index in [1.807, 2.05) is 0 Å². The maximum Gasteiger partial charge on any atom is 0.154 e. The molecule has 1 rings (SSSR count). The summed E-state index contributed by atoms with van der Waals surface area (Å²) >= 11 is 7.31. The summed E-state index contributed by atoms with van der Waals surface area (Å²) < 4.78 is 22.2. The summed E-state index contributed by atoms with van der Waals surface area (Å²) in [6.07, 6.45) is 1.19. The highest BCUT2D eigenvalue weighted by atomic mass is 35.5. The van der Waals surface area contributed by atoms with Crippen LogP contribution < -0.4 is 5.73 Å². The zero-order valence-electron chi connectivity index (χ0n) is 8.82. The predicted molar refractivity (Wildman–Crippen MR) is 65.2 cm³/mol. The minimum Gasteiger partial charge on any atom is -0.322 e. The SMILES string of the molecule is CC(C)(C(N)c1sccc1Cl)S(C)(=O)=O. The van der Waals surface area contributed by atoms with Gasteiger partial charge in [0.25, 0.3) is 0 Å². The minimum atomic E-state index is -3.22. The Morgan fingerprint density at radius 2 is 2.07 bits per heavy atom. The topological polar surface area (TPSA) is 60.2 Å². The molecule has 1 aromatic heterocycles. The smallest absolute Gasteiger partial charge is 0.154 e. The largest absolute Gasteiger partial charge is 0.322 e. The molecule has 0 aliphatic rings. The molecular formula is C9H14ClNO2S2. The Morgan fingerprint density at radius 1 is 1.53 bits per heavy atom. The number of hydrogen-bond donors (Lipinski definition) is 1. The van der Waals surface area contributed by atoms with Crippen molar-refractivity contribution in [2.24, 2.45) is 5.73 Å². The Balaban J connectivity index is 3.16. The van der Waals surface area contributed by atoms with Crippen molar-refractivity contribution in [1.29, 1.82) is 0 Å². The van der Waals surface area contributed by atoms with Crippen LogP contribution in [0.3, 0.4) is 0 Å². The summed E-state index contributed by atoms with van der Waals surface area (Å²) in [5.74, 6) is 0. The van der Waals surface area contributed by atoms with Gasteiger partial charge in [-0.05, 0) is 25.3 Å². The zero-order chi connectivity index (χ0) is 11.9. The summed E-state index contributed by atoms with van der Waals surface area (Å²) in [6, 6.07) is 1.12. The molecule has 0 radical (unpaired) electrons. The molecule has 0 bridgehead atoms. The maximum absolute atomic E-state index is 11.6. The third-order valence-electron chi connectivity index (χ3n) is 2.63. The van der Waals surface area contributed by atoms with Crippen molar-refractivity contribution in [2.45, 2.75) is 24.6 Å². The van der Waals surface area contributed by atoms with Crippen molar-refractivity contribution in [1.82, 2.24) is 0 Å². The van der Waals surface area contributed by atoms with Crippen LogP contribution in [0.4, 0.5) is 0 Å². The van der Waals surface area contributed by atoms with Crippen LogP contribution in [-0.4, -0.2) is 19.4 Å². The van der Waals surface area contributed by atoms with Gasteiger partial charge in [0.05, 0.1) is 15.8 Å². The Bertz CT molecular complexity index is 450. The first-order valence-corrected chi connectivity index (χ1v) is 7.51. The van der Waals surface area contributed by atoms with Crippen LogP contribution in [0.15, 0.2) is 11.4 Å². The highest BCUT2D eigenvalue weighted by Gasteiger charge is 2.39. The highest BCUT2D eigenvalue weighted by molar-refractivity contribution is 7.92. The van der Waals surface area contributed by atoms with E-state index in [9.17, 15) is 8.42 Å². The standard InChI is InChI=1S/C9H14ClNO2S2/c1-9(2,15(3,12)13)8(11)7-6(10)4-5-14-7/h4-5,8H,11H2,1-3H3. The summed E-state index contributed by atoms with van der Waals surface area (Å²) in [6.45, 7) is 3.23. The second-order valence-corrected chi connectivity index (χ2v) is 7.94. The molecule has 0 aliphatic carbocycles. The normalized spacial score (nSPS) is 15.3. The van der Waals surface area contributed by atoms with E-state index in [2.05, 4.69) is 0 Å². The Labute approximate surface area is 99.2 Å².